The van der Waals surface area contributed by atoms with Crippen molar-refractivity contribution in [2.75, 3.05) is 6.61 Å². The van der Waals surface area contributed by atoms with Gasteiger partial charge in [0.1, 0.15) is 18.0 Å². The van der Waals surface area contributed by atoms with Gasteiger partial charge in [0.25, 0.3) is 0 Å². The third-order valence-corrected chi connectivity index (χ3v) is 3.76. The summed E-state index contributed by atoms with van der Waals surface area (Å²) in [4.78, 5) is 35.9. The number of aliphatic hydroxyl groups is 1. The van der Waals surface area contributed by atoms with Gasteiger partial charge in [-0.3, -0.25) is 4.79 Å². The van der Waals surface area contributed by atoms with Crippen LogP contribution in [0.2, 0.25) is 0 Å². The number of nitrogens with zero attached hydrogens (tertiary/aromatic N) is 1. The van der Waals surface area contributed by atoms with Crippen molar-refractivity contribution in [1.29, 1.82) is 0 Å². The number of hydrogen-bond acceptors (Lipinski definition) is 6. The highest BCUT2D eigenvalue weighted by molar-refractivity contribution is 7.33. The lowest BCUT2D eigenvalue weighted by Crippen LogP contribution is -2.61. The number of amides is 1. The predicted octanol–water partition coefficient (Wildman–Crippen LogP) is 0.653. The van der Waals surface area contributed by atoms with Gasteiger partial charge in [0.15, 0.2) is 0 Å². The first-order valence-electron chi connectivity index (χ1n) is 6.50. The molecule has 0 spiro atoms. The molecule has 0 aliphatic rings. The minimum absolute atomic E-state index is 0.0130. The maximum Gasteiger partial charge on any atom is 0.375 e. The molecule has 0 aromatic carbocycles. The maximum absolute atomic E-state index is 11.8. The van der Waals surface area contributed by atoms with Crippen LogP contribution in [-0.4, -0.2) is 39.8 Å². The number of carbonyl (C=O) groups is 2. The third kappa shape index (κ3) is 7.59. The van der Waals surface area contributed by atoms with Gasteiger partial charge in [-0.15, -0.1) is 0 Å². The number of ketones is 1. The van der Waals surface area contributed by atoms with E-state index in [-0.39, 0.29) is 24.7 Å². The zero-order valence-corrected chi connectivity index (χ0v) is 13.6. The van der Waals surface area contributed by atoms with Crippen molar-refractivity contribution in [2.45, 2.75) is 58.1 Å². The molecule has 0 aromatic heterocycles. The minimum Gasteiger partial charge on any atom is -0.582 e. The van der Waals surface area contributed by atoms with Crippen LogP contribution in [0, 0.1) is 0 Å². The van der Waals surface area contributed by atoms with E-state index < -0.39 is 19.3 Å². The zero-order chi connectivity index (χ0) is 16.7. The molecule has 122 valence electrons. The number of Topliss-reactive ketones (excluding diaryl/α,β-unsaturated/α-hetero) is 1. The smallest absolute Gasteiger partial charge is 0.375 e. The molecule has 2 atom stereocenters. The van der Waals surface area contributed by atoms with Crippen LogP contribution in [0.3, 0.4) is 0 Å². The first-order chi connectivity index (χ1) is 9.51. The van der Waals surface area contributed by atoms with Gasteiger partial charge in [-0.1, -0.05) is 0 Å². The normalized spacial score (nSPS) is 15.5. The molecule has 9 heteroatoms. The summed E-state index contributed by atoms with van der Waals surface area (Å²) in [5, 5.41) is 21.2. The van der Waals surface area contributed by atoms with Crippen LogP contribution in [-0.2, 0) is 14.1 Å². The van der Waals surface area contributed by atoms with Gasteiger partial charge in [-0.2, -0.15) is 4.52 Å². The van der Waals surface area contributed by atoms with E-state index in [2.05, 4.69) is 14.7 Å². The van der Waals surface area contributed by atoms with Crippen molar-refractivity contribution in [3.63, 3.8) is 0 Å². The molecule has 8 nitrogen and oxygen atoms in total. The average Bonchev–Trinajstić information content (AvgIpc) is 2.34. The van der Waals surface area contributed by atoms with Gasteiger partial charge >= 0.3 is 8.17 Å². The Labute approximate surface area is 125 Å². The predicted molar refractivity (Wildman–Crippen MR) is 74.5 cm³/mol. The Kier molecular flexibility index (Phi) is 8.13. The Balaban J connectivity index is 4.49. The SMILES string of the molecule is CC(=O)CCCC(=O)NC(C)(C)C(C)(O)CO[P+]([O-])=NO. The second-order valence-corrected chi connectivity index (χ2v) is 6.52. The van der Waals surface area contributed by atoms with Gasteiger partial charge in [-0.05, 0) is 34.1 Å². The molecule has 0 heterocycles. The summed E-state index contributed by atoms with van der Waals surface area (Å²) < 4.78 is 4.68. The van der Waals surface area contributed by atoms with Gasteiger partial charge in [-0.25, -0.2) is 5.21 Å². The minimum atomic E-state index is -2.61. The van der Waals surface area contributed by atoms with Crippen molar-refractivity contribution in [3.8, 4) is 0 Å². The fraction of sp³-hybridized carbons (Fsp3) is 0.833. The van der Waals surface area contributed by atoms with E-state index in [0.717, 1.165) is 0 Å². The van der Waals surface area contributed by atoms with Crippen LogP contribution in [0.1, 0.15) is 47.0 Å². The van der Waals surface area contributed by atoms with E-state index in [0.29, 0.717) is 12.8 Å². The van der Waals surface area contributed by atoms with Crippen LogP contribution in [0.15, 0.2) is 4.91 Å². The van der Waals surface area contributed by atoms with E-state index in [9.17, 15) is 19.6 Å². The summed E-state index contributed by atoms with van der Waals surface area (Å²) >= 11 is 0. The molecule has 0 saturated heterocycles. The molecule has 0 fully saturated rings. The van der Waals surface area contributed by atoms with Crippen molar-refractivity contribution in [3.05, 3.63) is 0 Å². The highest BCUT2D eigenvalue weighted by Gasteiger charge is 2.42. The van der Waals surface area contributed by atoms with Crippen molar-refractivity contribution >= 4 is 19.9 Å². The Morgan fingerprint density at radius 1 is 1.33 bits per heavy atom. The highest BCUT2D eigenvalue weighted by Crippen LogP contribution is 2.26. The van der Waals surface area contributed by atoms with Crippen molar-refractivity contribution in [1.82, 2.24) is 5.32 Å². The number of rotatable bonds is 9. The van der Waals surface area contributed by atoms with Crippen LogP contribution in [0.4, 0.5) is 0 Å². The van der Waals surface area contributed by atoms with Crippen LogP contribution < -0.4 is 10.2 Å². The Morgan fingerprint density at radius 3 is 2.38 bits per heavy atom. The molecule has 0 radical (unpaired) electrons. The molecular weight excluding hydrogens is 299 g/mol. The molecule has 0 saturated carbocycles. The first-order valence-corrected chi connectivity index (χ1v) is 7.63. The van der Waals surface area contributed by atoms with Gasteiger partial charge < -0.3 is 20.1 Å². The molecule has 3 N–H and O–H groups in total. The lowest BCUT2D eigenvalue weighted by atomic mass is 9.84. The van der Waals surface area contributed by atoms with E-state index >= 15 is 0 Å². The molecule has 0 aliphatic carbocycles. The summed E-state index contributed by atoms with van der Waals surface area (Å²) in [6, 6.07) is 0. The molecule has 0 aliphatic heterocycles. The standard InChI is InChI=1S/C12H23N2O6P/c1-9(15)6-5-7-10(16)13-11(2,3)12(4,17)8-20-21(19)14-18/h17-18H,5-8H2,1-4H3,(H,13,16). The molecule has 0 bridgehead atoms. The number of carbonyl (C=O) groups excluding carboxylic acids is 2. The van der Waals surface area contributed by atoms with Gasteiger partial charge in [0, 0.05) is 12.8 Å². The third-order valence-electron chi connectivity index (χ3n) is 3.26. The van der Waals surface area contributed by atoms with E-state index in [4.69, 9.17) is 5.21 Å². The Bertz CT molecular complexity index is 409. The maximum atomic E-state index is 11.8. The van der Waals surface area contributed by atoms with Crippen molar-refractivity contribution < 1.29 is 29.3 Å². The molecule has 2 unspecified atom stereocenters. The summed E-state index contributed by atoms with van der Waals surface area (Å²) in [5.41, 5.74) is -2.59. The average molecular weight is 322 g/mol. The largest absolute Gasteiger partial charge is 0.582 e. The molecular formula is C12H23N2O6P. The monoisotopic (exact) mass is 322 g/mol. The van der Waals surface area contributed by atoms with Crippen LogP contribution in [0.5, 0.6) is 0 Å². The summed E-state index contributed by atoms with van der Waals surface area (Å²) in [5.74, 6) is -0.295. The van der Waals surface area contributed by atoms with Gasteiger partial charge in [0.2, 0.25) is 5.91 Å². The molecule has 0 aromatic rings. The van der Waals surface area contributed by atoms with Gasteiger partial charge in [0.05, 0.1) is 10.4 Å². The summed E-state index contributed by atoms with van der Waals surface area (Å²) in [6.45, 7) is 5.65. The fourth-order valence-electron chi connectivity index (χ4n) is 1.43. The second-order valence-electron chi connectivity index (χ2n) is 5.60. The van der Waals surface area contributed by atoms with E-state index in [1.807, 2.05) is 0 Å². The Hall–Kier alpha value is -0.920. The van der Waals surface area contributed by atoms with Crippen molar-refractivity contribution in [2.24, 2.45) is 4.91 Å². The molecule has 1 amide bonds. The summed E-state index contributed by atoms with van der Waals surface area (Å²) in [7, 11) is -2.61. The first kappa shape index (κ1) is 20.1. The second kappa shape index (κ2) is 8.51. The van der Waals surface area contributed by atoms with E-state index in [1.165, 1.54) is 13.8 Å². The number of hydrogen-bond donors (Lipinski definition) is 3. The lowest BCUT2D eigenvalue weighted by Gasteiger charge is -2.39. The Morgan fingerprint density at radius 2 is 1.90 bits per heavy atom. The summed E-state index contributed by atoms with van der Waals surface area (Å²) in [6.07, 6.45) is 0.928. The lowest BCUT2D eigenvalue weighted by molar-refractivity contribution is -0.184. The molecule has 0 rings (SSSR count). The topological polar surface area (TPSA) is 131 Å². The number of nitrogens with one attached hydrogen (secondary N) is 1. The highest BCUT2D eigenvalue weighted by atomic mass is 31.1. The molecule has 21 heavy (non-hydrogen) atoms. The van der Waals surface area contributed by atoms with E-state index in [1.54, 1.807) is 13.8 Å². The fourth-order valence-corrected chi connectivity index (χ4v) is 1.84. The van der Waals surface area contributed by atoms with Crippen LogP contribution in [0.25, 0.3) is 0 Å². The van der Waals surface area contributed by atoms with Crippen LogP contribution >= 0.6 is 8.17 Å². The quantitative estimate of drug-likeness (QED) is 0.422. The zero-order valence-electron chi connectivity index (χ0n) is 12.8.